The number of aromatic nitrogens is 2. The minimum atomic E-state index is 0.115. The number of aryl methyl sites for hydroxylation is 1. The van der Waals surface area contributed by atoms with Gasteiger partial charge in [0, 0.05) is 11.3 Å². The third kappa shape index (κ3) is 2.74. The fraction of sp³-hybridized carbons (Fsp3) is 0.800. The summed E-state index contributed by atoms with van der Waals surface area (Å²) in [6.45, 7) is 6.42. The van der Waals surface area contributed by atoms with Crippen LogP contribution in [0.5, 0.6) is 0 Å². The van der Waals surface area contributed by atoms with Crippen LogP contribution in [0.4, 0.5) is 0 Å². The molecule has 0 spiro atoms. The summed E-state index contributed by atoms with van der Waals surface area (Å²) in [7, 11) is 0. The highest BCUT2D eigenvalue weighted by Gasteiger charge is 2.22. The first-order valence-electron chi connectivity index (χ1n) is 7.34. The summed E-state index contributed by atoms with van der Waals surface area (Å²) in [5, 5.41) is 4.89. The van der Waals surface area contributed by atoms with Gasteiger partial charge < -0.3 is 0 Å². The molecular formula is C15H25ClN2. The van der Waals surface area contributed by atoms with E-state index in [4.69, 9.17) is 16.7 Å². The molecule has 2 rings (SSSR count). The van der Waals surface area contributed by atoms with E-state index in [2.05, 4.69) is 25.5 Å². The van der Waals surface area contributed by atoms with Gasteiger partial charge in [-0.3, -0.25) is 4.68 Å². The smallest absolute Gasteiger partial charge is 0.0643 e. The van der Waals surface area contributed by atoms with Crippen LogP contribution < -0.4 is 0 Å². The largest absolute Gasteiger partial charge is 0.266 e. The van der Waals surface area contributed by atoms with Crippen LogP contribution >= 0.6 is 11.6 Å². The first kappa shape index (κ1) is 13.9. The molecule has 0 saturated heterocycles. The van der Waals surface area contributed by atoms with Gasteiger partial charge in [0.25, 0.3) is 0 Å². The second-order valence-corrected chi connectivity index (χ2v) is 6.08. The van der Waals surface area contributed by atoms with Crippen molar-refractivity contribution >= 4 is 11.6 Å². The van der Waals surface area contributed by atoms with Crippen molar-refractivity contribution in [1.82, 2.24) is 9.78 Å². The standard InChI is InChI=1S/C15H25ClN2/c1-4-14(16)15-11(2)17-18(12(15)3)13-9-7-5-6-8-10-13/h13-14H,4-10H2,1-3H3. The Kier molecular flexibility index (Phi) is 4.71. The van der Waals surface area contributed by atoms with E-state index in [1.165, 1.54) is 49.8 Å². The molecule has 18 heavy (non-hydrogen) atoms. The lowest BCUT2D eigenvalue weighted by Gasteiger charge is -2.17. The minimum Gasteiger partial charge on any atom is -0.266 e. The Morgan fingerprint density at radius 1 is 1.22 bits per heavy atom. The number of alkyl halides is 1. The Labute approximate surface area is 116 Å². The second-order valence-electron chi connectivity index (χ2n) is 5.55. The van der Waals surface area contributed by atoms with E-state index >= 15 is 0 Å². The van der Waals surface area contributed by atoms with Crippen molar-refractivity contribution in [3.63, 3.8) is 0 Å². The zero-order valence-corrected chi connectivity index (χ0v) is 12.6. The quantitative estimate of drug-likeness (QED) is 0.552. The highest BCUT2D eigenvalue weighted by Crippen LogP contribution is 2.34. The van der Waals surface area contributed by atoms with E-state index in [9.17, 15) is 0 Å². The maximum Gasteiger partial charge on any atom is 0.0643 e. The maximum atomic E-state index is 6.43. The van der Waals surface area contributed by atoms with Crippen molar-refractivity contribution in [1.29, 1.82) is 0 Å². The molecule has 0 aliphatic heterocycles. The molecule has 0 N–H and O–H groups in total. The van der Waals surface area contributed by atoms with Gasteiger partial charge in [-0.05, 0) is 33.1 Å². The minimum absolute atomic E-state index is 0.115. The third-order valence-electron chi connectivity index (χ3n) is 4.22. The molecular weight excluding hydrogens is 244 g/mol. The normalized spacial score (nSPS) is 19.8. The highest BCUT2D eigenvalue weighted by atomic mass is 35.5. The van der Waals surface area contributed by atoms with Crippen molar-refractivity contribution in [3.8, 4) is 0 Å². The fourth-order valence-corrected chi connectivity index (χ4v) is 3.51. The van der Waals surface area contributed by atoms with Crippen LogP contribution in [0.3, 0.4) is 0 Å². The summed E-state index contributed by atoms with van der Waals surface area (Å²) < 4.78 is 2.26. The van der Waals surface area contributed by atoms with Gasteiger partial charge in [-0.25, -0.2) is 0 Å². The molecule has 102 valence electrons. The van der Waals surface area contributed by atoms with Gasteiger partial charge in [0.15, 0.2) is 0 Å². The van der Waals surface area contributed by atoms with Crippen molar-refractivity contribution in [3.05, 3.63) is 17.0 Å². The molecule has 1 aromatic heterocycles. The summed E-state index contributed by atoms with van der Waals surface area (Å²) in [5.41, 5.74) is 3.68. The lowest BCUT2D eigenvalue weighted by molar-refractivity contribution is 0.396. The Morgan fingerprint density at radius 3 is 2.39 bits per heavy atom. The van der Waals surface area contributed by atoms with Gasteiger partial charge in [0.05, 0.1) is 17.1 Å². The fourth-order valence-electron chi connectivity index (χ4n) is 3.19. The van der Waals surface area contributed by atoms with Crippen LogP contribution in [-0.4, -0.2) is 9.78 Å². The first-order chi connectivity index (χ1) is 8.65. The molecule has 1 unspecified atom stereocenters. The molecule has 3 heteroatoms. The molecule has 2 nitrogen and oxygen atoms in total. The molecule has 0 radical (unpaired) electrons. The van der Waals surface area contributed by atoms with Gasteiger partial charge >= 0.3 is 0 Å². The highest BCUT2D eigenvalue weighted by molar-refractivity contribution is 6.20. The van der Waals surface area contributed by atoms with Crippen LogP contribution in [0.2, 0.25) is 0 Å². The average Bonchev–Trinajstić information content (AvgIpc) is 2.59. The Morgan fingerprint density at radius 2 is 1.83 bits per heavy atom. The third-order valence-corrected chi connectivity index (χ3v) is 4.75. The van der Waals surface area contributed by atoms with Crippen LogP contribution in [0, 0.1) is 13.8 Å². The topological polar surface area (TPSA) is 17.8 Å². The van der Waals surface area contributed by atoms with Gasteiger partial charge in [-0.15, -0.1) is 11.6 Å². The van der Waals surface area contributed by atoms with Crippen molar-refractivity contribution in [2.75, 3.05) is 0 Å². The summed E-state index contributed by atoms with van der Waals surface area (Å²) in [4.78, 5) is 0. The molecule has 1 saturated carbocycles. The number of halogens is 1. The first-order valence-corrected chi connectivity index (χ1v) is 7.78. The van der Waals surface area contributed by atoms with Crippen molar-refractivity contribution in [2.24, 2.45) is 0 Å². The predicted octanol–water partition coefficient (Wildman–Crippen LogP) is 5.09. The Balaban J connectivity index is 2.28. The van der Waals surface area contributed by atoms with E-state index in [1.807, 2.05) is 0 Å². The van der Waals surface area contributed by atoms with E-state index in [-0.39, 0.29) is 5.38 Å². The maximum absolute atomic E-state index is 6.43. The molecule has 1 aliphatic carbocycles. The van der Waals surface area contributed by atoms with E-state index < -0.39 is 0 Å². The number of rotatable bonds is 3. The number of nitrogens with zero attached hydrogens (tertiary/aromatic N) is 2. The summed E-state index contributed by atoms with van der Waals surface area (Å²) in [6, 6.07) is 0.598. The molecule has 1 heterocycles. The van der Waals surface area contributed by atoms with E-state index in [0.717, 1.165) is 12.1 Å². The van der Waals surface area contributed by atoms with Gasteiger partial charge in [-0.2, -0.15) is 5.10 Å². The van der Waals surface area contributed by atoms with Gasteiger partial charge in [-0.1, -0.05) is 32.6 Å². The summed E-state index contributed by atoms with van der Waals surface area (Å²) >= 11 is 6.43. The average molecular weight is 269 g/mol. The zero-order chi connectivity index (χ0) is 13.1. The van der Waals surface area contributed by atoms with E-state index in [1.54, 1.807) is 0 Å². The summed E-state index contributed by atoms with van der Waals surface area (Å²) in [6.07, 6.45) is 8.99. The molecule has 1 atom stereocenters. The molecule has 1 fully saturated rings. The van der Waals surface area contributed by atoms with Crippen molar-refractivity contribution in [2.45, 2.75) is 77.1 Å². The van der Waals surface area contributed by atoms with Gasteiger partial charge in [0.1, 0.15) is 0 Å². The zero-order valence-electron chi connectivity index (χ0n) is 11.9. The lowest BCUT2D eigenvalue weighted by Crippen LogP contribution is -2.12. The predicted molar refractivity (Wildman–Crippen MR) is 77.3 cm³/mol. The molecule has 1 aromatic rings. The molecule has 0 amide bonds. The van der Waals surface area contributed by atoms with Crippen LogP contribution in [-0.2, 0) is 0 Å². The molecule has 0 aromatic carbocycles. The number of hydrogen-bond acceptors (Lipinski definition) is 1. The monoisotopic (exact) mass is 268 g/mol. The van der Waals surface area contributed by atoms with Crippen LogP contribution in [0.25, 0.3) is 0 Å². The van der Waals surface area contributed by atoms with Gasteiger partial charge in [0.2, 0.25) is 0 Å². The van der Waals surface area contributed by atoms with E-state index in [0.29, 0.717) is 6.04 Å². The number of hydrogen-bond donors (Lipinski definition) is 0. The second kappa shape index (κ2) is 6.10. The van der Waals surface area contributed by atoms with Crippen LogP contribution in [0.1, 0.15) is 80.2 Å². The van der Waals surface area contributed by atoms with Crippen molar-refractivity contribution < 1.29 is 0 Å². The van der Waals surface area contributed by atoms with Crippen LogP contribution in [0.15, 0.2) is 0 Å². The SMILES string of the molecule is CCC(Cl)c1c(C)nn(C2CCCCCC2)c1C. The Bertz CT molecular complexity index is 389. The molecule has 0 bridgehead atoms. The molecule has 1 aliphatic rings. The summed E-state index contributed by atoms with van der Waals surface area (Å²) in [5.74, 6) is 0. The lowest BCUT2D eigenvalue weighted by atomic mass is 10.1. The Hall–Kier alpha value is -0.500.